The van der Waals surface area contributed by atoms with Crippen molar-refractivity contribution in [1.29, 1.82) is 0 Å². The summed E-state index contributed by atoms with van der Waals surface area (Å²) in [6.45, 7) is 3.35. The number of carbonyl (C=O) groups is 4. The predicted molar refractivity (Wildman–Crippen MR) is 327 cm³/mol. The molecule has 0 spiro atoms. The first-order valence-corrected chi connectivity index (χ1v) is 28.1. The zero-order chi connectivity index (χ0) is 69.0. The van der Waals surface area contributed by atoms with Crippen LogP contribution >= 0.6 is 0 Å². The number of alkyl halides is 9. The monoisotopic (exact) mass is 1330 g/mol. The molecule has 35 heteroatoms. The molecule has 12 aromatic rings. The van der Waals surface area contributed by atoms with Crippen LogP contribution in [-0.2, 0) is 46.1 Å². The molecule has 0 aliphatic rings. The Labute approximate surface area is 534 Å². The Kier molecular flexibility index (Phi) is 18.8. The van der Waals surface area contributed by atoms with Gasteiger partial charge >= 0.3 is 36.6 Å². The van der Waals surface area contributed by atoms with Crippen molar-refractivity contribution in [2.45, 2.75) is 38.8 Å². The number of ether oxygens (including phenoxy) is 3. The molecule has 96 heavy (non-hydrogen) atoms. The first-order chi connectivity index (χ1) is 45.5. The molecule has 0 aliphatic heterocycles. The Hall–Kier alpha value is -12.3. The van der Waals surface area contributed by atoms with Crippen LogP contribution in [0.2, 0.25) is 0 Å². The number of amides is 3. The molecule has 9 heterocycles. The van der Waals surface area contributed by atoms with Crippen LogP contribution in [0.1, 0.15) is 52.8 Å². The summed E-state index contributed by atoms with van der Waals surface area (Å²) in [5, 5.41) is 20.2. The van der Waals surface area contributed by atoms with Gasteiger partial charge < -0.3 is 14.2 Å². The van der Waals surface area contributed by atoms with Crippen molar-refractivity contribution in [3.63, 3.8) is 0 Å². The fraction of sp³-hybridized carbons (Fsp3) is 0.180. The molecule has 494 valence electrons. The number of benzene rings is 3. The number of ketones is 1. The van der Waals surface area contributed by atoms with Gasteiger partial charge in [-0.25, -0.2) is 48.9 Å². The van der Waals surface area contributed by atoms with Crippen molar-refractivity contribution < 1.29 is 77.5 Å². The lowest BCUT2D eigenvalue weighted by Crippen LogP contribution is -2.18. The van der Waals surface area contributed by atoms with Gasteiger partial charge in [-0.15, -0.1) is 0 Å². The summed E-state index contributed by atoms with van der Waals surface area (Å²) in [7, 11) is 7.21. The van der Waals surface area contributed by atoms with E-state index < -0.39 is 53.7 Å². The second-order valence-electron chi connectivity index (χ2n) is 20.8. The van der Waals surface area contributed by atoms with Crippen LogP contribution in [0, 0.1) is 0 Å². The van der Waals surface area contributed by atoms with Gasteiger partial charge in [0.05, 0.1) is 16.6 Å². The Bertz CT molecular complexity index is 4940. The quantitative estimate of drug-likeness (QED) is 0.0443. The maximum absolute atomic E-state index is 13.0. The molecule has 26 nitrogen and oxygen atoms in total. The van der Waals surface area contributed by atoms with Crippen LogP contribution < -0.4 is 30.2 Å². The molecular weight excluding hydrogens is 1280 g/mol. The average molecular weight is 1330 g/mol. The van der Waals surface area contributed by atoms with Crippen LogP contribution in [0.4, 0.5) is 71.4 Å². The summed E-state index contributed by atoms with van der Waals surface area (Å²) in [5.74, 6) is 1.50. The van der Waals surface area contributed by atoms with E-state index in [1.54, 1.807) is 84.9 Å². The van der Waals surface area contributed by atoms with Gasteiger partial charge in [-0.1, -0.05) is 6.92 Å². The summed E-state index contributed by atoms with van der Waals surface area (Å²) in [5.41, 5.74) is 0.408. The first-order valence-electron chi connectivity index (χ1n) is 28.1. The summed E-state index contributed by atoms with van der Waals surface area (Å²) in [6.07, 6.45) is -2.64. The van der Waals surface area contributed by atoms with Crippen LogP contribution in [-0.4, -0.2) is 122 Å². The lowest BCUT2D eigenvalue weighted by molar-refractivity contribution is -0.458. The van der Waals surface area contributed by atoms with Gasteiger partial charge in [0.15, 0.2) is 29.5 Å². The smallest absolute Gasteiger partial charge is 0.433 e. The number of hydrogen-bond donors (Lipinski definition) is 3. The minimum Gasteiger partial charge on any atom is -0.439 e. The molecular formula is C61H51F9N19O7+. The number of fused-ring (bicyclic) bond motifs is 3. The van der Waals surface area contributed by atoms with Crippen molar-refractivity contribution in [3.05, 3.63) is 181 Å². The van der Waals surface area contributed by atoms with E-state index in [4.69, 9.17) is 14.2 Å². The van der Waals surface area contributed by atoms with E-state index >= 15 is 0 Å². The second kappa shape index (κ2) is 27.1. The van der Waals surface area contributed by atoms with Crippen molar-refractivity contribution >= 4 is 80.3 Å². The largest absolute Gasteiger partial charge is 0.439 e. The lowest BCUT2D eigenvalue weighted by atomic mass is 10.2. The maximum Gasteiger partial charge on any atom is 0.433 e. The summed E-state index contributed by atoms with van der Waals surface area (Å²) >= 11 is 0. The van der Waals surface area contributed by atoms with Gasteiger partial charge in [0.2, 0.25) is 17.6 Å². The minimum absolute atomic E-state index is 0.178. The molecule has 0 fully saturated rings. The van der Waals surface area contributed by atoms with Crippen molar-refractivity contribution in [2.24, 2.45) is 21.1 Å². The standard InChI is InChI=1S/C21H18F3N7O2.C20H15F3N6O3.C20H17F3N6O2/c1-29(2)11-14-9-19(26-12-25-14)33-15-4-5-16-13(8-15)6-7-31(16)20(32)27-18-10-17(21(22,23)24)30(3)28-18;1-11(30)14-8-18(25-10-24-14)32-13-3-4-15-12(7-13)5-6-29(15)19(31)26-17-9-16(20(21,22)23)28(2)27-17;1-3-13-9-18(25-11-24-13)31-14-4-5-15-12(8-14)6-7-29(15)19(30)26-17-10-16(20(21,22)23)28(2)27-17/h4-12H,1-3H3;3-10H,1-2H3,(H,26,27,31);4-11H,3H2,1-2H3,(H,26,27,30)/p+1. The summed E-state index contributed by atoms with van der Waals surface area (Å²) in [6, 6.07) is 25.2. The third-order valence-electron chi connectivity index (χ3n) is 13.6. The topological polar surface area (TPSA) is 281 Å². The number of nitrogens with zero attached hydrogens (tertiary/aromatic N) is 16. The van der Waals surface area contributed by atoms with Crippen LogP contribution in [0.15, 0.2) is 147 Å². The molecule has 0 saturated carbocycles. The van der Waals surface area contributed by atoms with E-state index in [2.05, 4.69) is 61.2 Å². The van der Waals surface area contributed by atoms with Gasteiger partial charge in [-0.2, -0.15) is 54.8 Å². The molecule has 0 saturated heterocycles. The fourth-order valence-corrected chi connectivity index (χ4v) is 9.29. The normalized spacial score (nSPS) is 11.5. The molecule has 0 atom stereocenters. The molecule has 3 N–H and O–H groups in total. The minimum atomic E-state index is -4.59. The van der Waals surface area contributed by atoms with Crippen molar-refractivity contribution in [3.8, 4) is 34.9 Å². The SMILES string of the molecule is CC(=O)c1cc(Oc2ccc3c(ccn3C(=O)Nc3cc(C(F)(F)F)n(C)n3)c2)ncn1.CCc1cc(Oc2ccc3c(ccn3C(=O)Nc3cc(C(F)(F)F)n(C)n3)c2)ncn1.Cn1nc(NC(=O)n2ccc3cc(Oc4cc(C=[N+](C)C)ncn4)ccc32)cc1C(F)(F)F. The maximum atomic E-state index is 13.0. The van der Waals surface area contributed by atoms with Gasteiger partial charge in [0, 0.05) is 105 Å². The fourth-order valence-electron chi connectivity index (χ4n) is 9.29. The first kappa shape index (κ1) is 66.6. The Balaban J connectivity index is 0.000000157. The zero-order valence-electron chi connectivity index (χ0n) is 51.1. The number of hydrogen-bond acceptors (Lipinski definition) is 16. The third kappa shape index (κ3) is 15.8. The van der Waals surface area contributed by atoms with E-state index in [1.807, 2.05) is 31.8 Å². The number of halogens is 9. The molecule has 0 bridgehead atoms. The molecule has 9 aromatic heterocycles. The third-order valence-corrected chi connectivity index (χ3v) is 13.6. The van der Waals surface area contributed by atoms with E-state index in [9.17, 15) is 58.7 Å². The molecule has 12 rings (SSSR count). The predicted octanol–water partition coefficient (Wildman–Crippen LogP) is 12.6. The number of carbonyl (C=O) groups excluding carboxylic acids is 4. The Morgan fingerprint density at radius 3 is 1.17 bits per heavy atom. The molecule has 0 unspecified atom stereocenters. The summed E-state index contributed by atoms with van der Waals surface area (Å²) in [4.78, 5) is 73.5. The second-order valence-corrected chi connectivity index (χ2v) is 20.8. The van der Waals surface area contributed by atoms with Gasteiger partial charge in [-0.05, 0) is 79.2 Å². The van der Waals surface area contributed by atoms with E-state index in [1.165, 1.54) is 64.3 Å². The number of nitrogens with one attached hydrogen (secondary N) is 3. The van der Waals surface area contributed by atoms with Gasteiger partial charge in [0.1, 0.15) is 78.8 Å². The van der Waals surface area contributed by atoms with Crippen molar-refractivity contribution in [1.82, 2.24) is 72.9 Å². The van der Waals surface area contributed by atoms with Gasteiger partial charge in [-0.3, -0.25) is 48.5 Å². The highest BCUT2D eigenvalue weighted by Crippen LogP contribution is 2.35. The number of rotatable bonds is 12. The van der Waals surface area contributed by atoms with Crippen molar-refractivity contribution in [2.75, 3.05) is 30.0 Å². The average Bonchev–Trinajstić information content (AvgIpc) is 1.65. The number of aryl methyl sites for hydroxylation is 4. The Morgan fingerprint density at radius 1 is 0.469 bits per heavy atom. The van der Waals surface area contributed by atoms with Crippen LogP contribution in [0.5, 0.6) is 34.9 Å². The zero-order valence-corrected chi connectivity index (χ0v) is 51.1. The molecule has 3 amide bonds. The Morgan fingerprint density at radius 2 is 0.823 bits per heavy atom. The van der Waals surface area contributed by atoms with Gasteiger partial charge in [0.25, 0.3) is 0 Å². The molecule has 0 aliphatic carbocycles. The summed E-state index contributed by atoms with van der Waals surface area (Å²) < 4.78 is 141. The van der Waals surface area contributed by atoms with Crippen LogP contribution in [0.25, 0.3) is 32.7 Å². The molecule has 0 radical (unpaired) electrons. The highest BCUT2D eigenvalue weighted by molar-refractivity contribution is 6.00. The highest BCUT2D eigenvalue weighted by atomic mass is 19.4. The lowest BCUT2D eigenvalue weighted by Gasteiger charge is -2.07. The number of aromatic nitrogens is 15. The van der Waals surface area contributed by atoms with E-state index in [0.29, 0.717) is 81.5 Å². The van der Waals surface area contributed by atoms with Crippen LogP contribution in [0.3, 0.4) is 0 Å². The molecule has 3 aromatic carbocycles. The van der Waals surface area contributed by atoms with E-state index in [-0.39, 0.29) is 34.8 Å². The number of Topliss-reactive ketones (excluding diaryl/α,β-unsaturated/α-hetero) is 1. The van der Waals surface area contributed by atoms with E-state index in [0.717, 1.165) is 51.5 Å². The number of anilines is 3. The highest BCUT2D eigenvalue weighted by Gasteiger charge is 2.37.